The predicted octanol–water partition coefficient (Wildman–Crippen LogP) is 0.385. The van der Waals surface area contributed by atoms with Gasteiger partial charge in [-0.1, -0.05) is 6.07 Å². The van der Waals surface area contributed by atoms with Crippen LogP contribution >= 0.6 is 0 Å². The Labute approximate surface area is 151 Å². The van der Waals surface area contributed by atoms with Crippen molar-refractivity contribution in [3.8, 4) is 5.75 Å². The van der Waals surface area contributed by atoms with Crippen LogP contribution in [0.4, 0.5) is 0 Å². The molecule has 1 aliphatic rings. The molecule has 2 aromatic rings. The number of sulfonamides is 1. The van der Waals surface area contributed by atoms with Crippen molar-refractivity contribution in [1.29, 1.82) is 0 Å². The van der Waals surface area contributed by atoms with Crippen LogP contribution in [0.15, 0.2) is 47.5 Å². The van der Waals surface area contributed by atoms with Gasteiger partial charge in [-0.25, -0.2) is 8.42 Å². The molecule has 0 bridgehead atoms. The van der Waals surface area contributed by atoms with E-state index in [1.54, 1.807) is 25.4 Å². The third-order valence-corrected chi connectivity index (χ3v) is 5.84. The van der Waals surface area contributed by atoms with Gasteiger partial charge in [-0.2, -0.15) is 4.31 Å². The van der Waals surface area contributed by atoms with Gasteiger partial charge in [0.05, 0.1) is 30.3 Å². The Morgan fingerprint density at radius 2 is 2.12 bits per heavy atom. The lowest BCUT2D eigenvalue weighted by Gasteiger charge is -2.34. The van der Waals surface area contributed by atoms with E-state index in [0.29, 0.717) is 11.4 Å². The molecule has 1 aromatic carbocycles. The number of carbonyl (C=O) groups is 1. The molecule has 0 spiro atoms. The smallest absolute Gasteiger partial charge is 0.251 e. The first-order valence-corrected chi connectivity index (χ1v) is 9.39. The summed E-state index contributed by atoms with van der Waals surface area (Å²) in [4.78, 5) is 16.5. The minimum absolute atomic E-state index is 0.0246. The Hall–Kier alpha value is -2.49. The van der Waals surface area contributed by atoms with E-state index >= 15 is 0 Å². The Morgan fingerprint density at radius 3 is 2.81 bits per heavy atom. The third kappa shape index (κ3) is 3.85. The number of amides is 1. The van der Waals surface area contributed by atoms with E-state index in [-0.39, 0.29) is 30.1 Å². The summed E-state index contributed by atoms with van der Waals surface area (Å²) in [5.74, 6) is 0.226. The van der Waals surface area contributed by atoms with Gasteiger partial charge in [0.2, 0.25) is 10.0 Å². The summed E-state index contributed by atoms with van der Waals surface area (Å²) in [6.45, 7) is 0.325. The van der Waals surface area contributed by atoms with Crippen molar-refractivity contribution in [2.45, 2.75) is 17.5 Å². The SMILES string of the molecule is COc1ccnc(CNC(=O)c2cccc(S(=O)(=O)N3CC(O)C3)c2)c1. The number of nitrogens with one attached hydrogen (secondary N) is 1. The van der Waals surface area contributed by atoms with Crippen LogP contribution in [-0.2, 0) is 16.6 Å². The number of carbonyl (C=O) groups excluding carboxylic acids is 1. The largest absolute Gasteiger partial charge is 0.497 e. The summed E-state index contributed by atoms with van der Waals surface area (Å²) in [5.41, 5.74) is 0.853. The number of methoxy groups -OCH3 is 1. The molecular weight excluding hydrogens is 358 g/mol. The molecule has 9 heteroatoms. The van der Waals surface area contributed by atoms with Crippen molar-refractivity contribution < 1.29 is 23.1 Å². The number of β-amino-alcohol motifs (C(OH)–C–C–N with tert-alkyl or cyclic N) is 1. The van der Waals surface area contributed by atoms with Gasteiger partial charge in [-0.15, -0.1) is 0 Å². The minimum Gasteiger partial charge on any atom is -0.497 e. The van der Waals surface area contributed by atoms with Crippen molar-refractivity contribution in [3.63, 3.8) is 0 Å². The number of hydrogen-bond donors (Lipinski definition) is 2. The standard InChI is InChI=1S/C17H19N3O5S/c1-25-15-5-6-18-13(8-15)9-19-17(22)12-3-2-4-16(7-12)26(23,24)20-10-14(21)11-20/h2-8,14,21H,9-11H2,1H3,(H,19,22). The van der Waals surface area contributed by atoms with Gasteiger partial charge in [-0.05, 0) is 24.3 Å². The van der Waals surface area contributed by atoms with E-state index in [9.17, 15) is 18.3 Å². The predicted molar refractivity (Wildman–Crippen MR) is 93.2 cm³/mol. The Morgan fingerprint density at radius 1 is 1.35 bits per heavy atom. The van der Waals surface area contributed by atoms with E-state index in [1.165, 1.54) is 28.6 Å². The summed E-state index contributed by atoms with van der Waals surface area (Å²) < 4.78 is 31.2. The second kappa shape index (κ2) is 7.40. The van der Waals surface area contributed by atoms with Gasteiger partial charge in [0.25, 0.3) is 5.91 Å². The highest BCUT2D eigenvalue weighted by Gasteiger charge is 2.35. The zero-order valence-electron chi connectivity index (χ0n) is 14.1. The second-order valence-corrected chi connectivity index (χ2v) is 7.81. The zero-order valence-corrected chi connectivity index (χ0v) is 14.9. The second-order valence-electron chi connectivity index (χ2n) is 5.87. The third-order valence-electron chi connectivity index (χ3n) is 4.02. The fourth-order valence-electron chi connectivity index (χ4n) is 2.51. The normalized spacial score (nSPS) is 15.3. The number of pyridine rings is 1. The molecule has 0 unspecified atom stereocenters. The number of ether oxygens (including phenoxy) is 1. The van der Waals surface area contributed by atoms with Crippen molar-refractivity contribution in [1.82, 2.24) is 14.6 Å². The maximum absolute atomic E-state index is 12.4. The van der Waals surface area contributed by atoms with E-state index in [4.69, 9.17) is 4.74 Å². The van der Waals surface area contributed by atoms with Crippen molar-refractivity contribution in [2.24, 2.45) is 0 Å². The highest BCUT2D eigenvalue weighted by atomic mass is 32.2. The Bertz CT molecular complexity index is 910. The average Bonchev–Trinajstić information content (AvgIpc) is 2.63. The first-order chi connectivity index (χ1) is 12.4. The van der Waals surface area contributed by atoms with Gasteiger partial charge < -0.3 is 15.2 Å². The quantitative estimate of drug-likeness (QED) is 0.754. The van der Waals surface area contributed by atoms with Gasteiger partial charge in [0.1, 0.15) is 5.75 Å². The van der Waals surface area contributed by atoms with Crippen LogP contribution in [0.25, 0.3) is 0 Å². The summed E-state index contributed by atoms with van der Waals surface area (Å²) in [7, 11) is -2.16. The van der Waals surface area contributed by atoms with Crippen molar-refractivity contribution >= 4 is 15.9 Å². The fourth-order valence-corrected chi connectivity index (χ4v) is 4.07. The highest BCUT2D eigenvalue weighted by molar-refractivity contribution is 7.89. The van der Waals surface area contributed by atoms with Crippen molar-refractivity contribution in [3.05, 3.63) is 53.9 Å². The highest BCUT2D eigenvalue weighted by Crippen LogP contribution is 2.22. The molecular formula is C17H19N3O5S. The molecule has 26 heavy (non-hydrogen) atoms. The van der Waals surface area contributed by atoms with Gasteiger partial charge in [-0.3, -0.25) is 9.78 Å². The number of aromatic nitrogens is 1. The molecule has 2 heterocycles. The van der Waals surface area contributed by atoms with Crippen LogP contribution < -0.4 is 10.1 Å². The number of aliphatic hydroxyl groups is 1. The molecule has 0 aliphatic carbocycles. The molecule has 1 aliphatic heterocycles. The topological polar surface area (TPSA) is 109 Å². The van der Waals surface area contributed by atoms with E-state index in [2.05, 4.69) is 10.3 Å². The maximum atomic E-state index is 12.4. The van der Waals surface area contributed by atoms with E-state index < -0.39 is 22.0 Å². The van der Waals surface area contributed by atoms with Gasteiger partial charge in [0, 0.05) is 30.9 Å². The average molecular weight is 377 g/mol. The van der Waals surface area contributed by atoms with Crippen LogP contribution in [0.1, 0.15) is 16.1 Å². The summed E-state index contributed by atoms with van der Waals surface area (Å²) in [6, 6.07) is 9.22. The van der Waals surface area contributed by atoms with Crippen LogP contribution in [0.2, 0.25) is 0 Å². The molecule has 0 radical (unpaired) electrons. The fraction of sp³-hybridized carbons (Fsp3) is 0.294. The summed E-state index contributed by atoms with van der Waals surface area (Å²) >= 11 is 0. The van der Waals surface area contributed by atoms with Crippen molar-refractivity contribution in [2.75, 3.05) is 20.2 Å². The Kier molecular flexibility index (Phi) is 5.21. The number of nitrogens with zero attached hydrogens (tertiary/aromatic N) is 2. The first kappa shape index (κ1) is 18.3. The molecule has 0 saturated carbocycles. The monoisotopic (exact) mass is 377 g/mol. The number of aliphatic hydroxyl groups excluding tert-OH is 1. The maximum Gasteiger partial charge on any atom is 0.251 e. The van der Waals surface area contributed by atoms with Crippen LogP contribution in [0, 0.1) is 0 Å². The summed E-state index contributed by atoms with van der Waals surface area (Å²) in [6.07, 6.45) is 0.946. The minimum atomic E-state index is -3.70. The molecule has 3 rings (SSSR count). The van der Waals surface area contributed by atoms with E-state index in [0.717, 1.165) is 0 Å². The van der Waals surface area contributed by atoms with Crippen LogP contribution in [0.3, 0.4) is 0 Å². The number of rotatable bonds is 6. The molecule has 8 nitrogen and oxygen atoms in total. The lowest BCUT2D eigenvalue weighted by molar-refractivity contribution is 0.0547. The first-order valence-electron chi connectivity index (χ1n) is 7.95. The molecule has 1 amide bonds. The lowest BCUT2D eigenvalue weighted by atomic mass is 10.2. The zero-order chi connectivity index (χ0) is 18.7. The lowest BCUT2D eigenvalue weighted by Crippen LogP contribution is -2.53. The molecule has 1 aromatic heterocycles. The molecule has 0 atom stereocenters. The molecule has 138 valence electrons. The molecule has 1 saturated heterocycles. The number of hydrogen-bond acceptors (Lipinski definition) is 6. The molecule has 1 fully saturated rings. The number of benzene rings is 1. The van der Waals surface area contributed by atoms with Gasteiger partial charge in [0.15, 0.2) is 0 Å². The van der Waals surface area contributed by atoms with E-state index in [1.807, 2.05) is 0 Å². The Balaban J connectivity index is 1.70. The van der Waals surface area contributed by atoms with Crippen LogP contribution in [0.5, 0.6) is 5.75 Å². The summed E-state index contributed by atoms with van der Waals surface area (Å²) in [5, 5.41) is 12.0. The van der Waals surface area contributed by atoms with Gasteiger partial charge >= 0.3 is 0 Å². The van der Waals surface area contributed by atoms with Crippen LogP contribution in [-0.4, -0.2) is 55.0 Å². The molecule has 2 N–H and O–H groups in total.